The van der Waals surface area contributed by atoms with Crippen LogP contribution in [0.2, 0.25) is 0 Å². The molecule has 1 fully saturated rings. The predicted octanol–water partition coefficient (Wildman–Crippen LogP) is 2.62. The van der Waals surface area contributed by atoms with Gasteiger partial charge in [0.25, 0.3) is 0 Å². The van der Waals surface area contributed by atoms with Crippen molar-refractivity contribution in [2.24, 2.45) is 5.92 Å². The van der Waals surface area contributed by atoms with Gasteiger partial charge in [-0.05, 0) is 44.7 Å². The Morgan fingerprint density at radius 2 is 1.81 bits per heavy atom. The molecule has 1 saturated heterocycles. The number of aromatic carboxylic acids is 1. The highest BCUT2D eigenvalue weighted by Gasteiger charge is 2.28. The Morgan fingerprint density at radius 1 is 1.15 bits per heavy atom. The molecule has 27 heavy (non-hydrogen) atoms. The van der Waals surface area contributed by atoms with Gasteiger partial charge >= 0.3 is 5.97 Å². The molecule has 2 unspecified atom stereocenters. The molecule has 0 radical (unpaired) electrons. The molecule has 0 amide bonds. The highest BCUT2D eigenvalue weighted by molar-refractivity contribution is 5.87. The molecule has 0 bridgehead atoms. The highest BCUT2D eigenvalue weighted by atomic mass is 16.5. The van der Waals surface area contributed by atoms with Crippen molar-refractivity contribution in [2.75, 3.05) is 0 Å². The summed E-state index contributed by atoms with van der Waals surface area (Å²) in [5.74, 6) is -0.233. The maximum atomic E-state index is 12.4. The van der Waals surface area contributed by atoms with E-state index in [4.69, 9.17) is 4.74 Å². The molecule has 0 saturated carbocycles. The van der Waals surface area contributed by atoms with Crippen molar-refractivity contribution in [1.29, 1.82) is 0 Å². The summed E-state index contributed by atoms with van der Waals surface area (Å²) >= 11 is 0. The van der Waals surface area contributed by atoms with Gasteiger partial charge in [0.2, 0.25) is 5.43 Å². The number of aromatic nitrogens is 1. The molecule has 3 N–H and O–H groups in total. The number of ether oxygens (including phenoxy) is 1. The molecule has 0 spiro atoms. The van der Waals surface area contributed by atoms with Crippen LogP contribution >= 0.6 is 0 Å². The Kier molecular flexibility index (Phi) is 5.93. The number of benzene rings is 1. The third-order valence-electron chi connectivity index (χ3n) is 5.02. The molecule has 144 valence electrons. The van der Waals surface area contributed by atoms with Gasteiger partial charge in [0, 0.05) is 24.8 Å². The topological polar surface area (TPSA) is 92.6 Å². The fourth-order valence-electron chi connectivity index (χ4n) is 3.49. The van der Waals surface area contributed by atoms with Crippen LogP contribution in [-0.4, -0.2) is 27.7 Å². The fourth-order valence-corrected chi connectivity index (χ4v) is 3.49. The number of hydrazine groups is 1. The van der Waals surface area contributed by atoms with E-state index in [2.05, 4.69) is 24.7 Å². The highest BCUT2D eigenvalue weighted by Crippen LogP contribution is 2.21. The number of rotatable bonds is 7. The zero-order valence-electron chi connectivity index (χ0n) is 15.5. The first-order chi connectivity index (χ1) is 13.0. The van der Waals surface area contributed by atoms with Crippen molar-refractivity contribution in [1.82, 2.24) is 15.4 Å². The molecule has 2 aromatic rings. The largest absolute Gasteiger partial charge is 0.477 e. The summed E-state index contributed by atoms with van der Waals surface area (Å²) in [7, 11) is 0. The monoisotopic (exact) mass is 371 g/mol. The van der Waals surface area contributed by atoms with Crippen molar-refractivity contribution >= 4 is 5.97 Å². The summed E-state index contributed by atoms with van der Waals surface area (Å²) < 4.78 is 7.37. The molecular formula is C20H25N3O4. The van der Waals surface area contributed by atoms with Crippen molar-refractivity contribution < 1.29 is 14.6 Å². The predicted molar refractivity (Wildman–Crippen MR) is 102 cm³/mol. The number of hydrogen-bond acceptors (Lipinski definition) is 5. The second-order valence-corrected chi connectivity index (χ2v) is 7.00. The second kappa shape index (κ2) is 8.37. The van der Waals surface area contributed by atoms with Gasteiger partial charge in [-0.25, -0.2) is 4.79 Å². The first-order valence-corrected chi connectivity index (χ1v) is 9.17. The third kappa shape index (κ3) is 4.56. The number of nitrogens with zero attached hydrogens (tertiary/aromatic N) is 1. The van der Waals surface area contributed by atoms with Gasteiger partial charge in [-0.2, -0.15) is 0 Å². The van der Waals surface area contributed by atoms with E-state index >= 15 is 0 Å². The van der Waals surface area contributed by atoms with E-state index in [-0.39, 0.29) is 11.3 Å². The number of hydrogen-bond donors (Lipinski definition) is 3. The third-order valence-corrected chi connectivity index (χ3v) is 5.02. The molecule has 0 aliphatic carbocycles. The van der Waals surface area contributed by atoms with Gasteiger partial charge in [-0.3, -0.25) is 15.6 Å². The fraction of sp³-hybridized carbons (Fsp3) is 0.400. The number of carboxylic acid groups (broad SMARTS) is 1. The van der Waals surface area contributed by atoms with Crippen LogP contribution in [-0.2, 0) is 6.54 Å². The van der Waals surface area contributed by atoms with Crippen LogP contribution in [0.4, 0.5) is 0 Å². The van der Waals surface area contributed by atoms with Gasteiger partial charge in [0.1, 0.15) is 11.3 Å². The first-order valence-electron chi connectivity index (χ1n) is 9.17. The van der Waals surface area contributed by atoms with Crippen molar-refractivity contribution in [3.05, 3.63) is 58.5 Å². The number of pyridine rings is 1. The van der Waals surface area contributed by atoms with E-state index < -0.39 is 11.4 Å². The minimum atomic E-state index is -1.25. The molecule has 1 aromatic heterocycles. The van der Waals surface area contributed by atoms with Crippen LogP contribution in [0.25, 0.3) is 0 Å². The van der Waals surface area contributed by atoms with E-state index in [0.717, 1.165) is 12.8 Å². The van der Waals surface area contributed by atoms with E-state index in [9.17, 15) is 14.7 Å². The molecule has 1 aliphatic rings. The average Bonchev–Trinajstić information content (AvgIpc) is 2.96. The maximum Gasteiger partial charge on any atom is 0.341 e. The lowest BCUT2D eigenvalue weighted by atomic mass is 9.92. The van der Waals surface area contributed by atoms with Crippen LogP contribution in [0.1, 0.15) is 37.0 Å². The summed E-state index contributed by atoms with van der Waals surface area (Å²) in [6, 6.07) is 9.65. The van der Waals surface area contributed by atoms with Crippen LogP contribution in [0.15, 0.2) is 47.5 Å². The molecule has 3 rings (SSSR count). The van der Waals surface area contributed by atoms with Crippen LogP contribution < -0.4 is 21.0 Å². The quantitative estimate of drug-likeness (QED) is 0.693. The standard InChI is InChI=1S/C20H25N3O4/c1-13-16(14(2)22-21-13)9-6-10-23-11-17(20(25)26)19(24)18(12-23)27-15-7-4-3-5-8-15/h3-5,7-8,11-14,16,21-22H,6,9-10H2,1-2H3,(H,25,26). The SMILES string of the molecule is CC1NNC(C)C1CCCn1cc(Oc2ccccc2)c(=O)c(C(=O)O)c1. The first kappa shape index (κ1) is 19.1. The number of aryl methyl sites for hydroxylation is 1. The summed E-state index contributed by atoms with van der Waals surface area (Å²) in [6.45, 7) is 4.91. The van der Waals surface area contributed by atoms with Crippen LogP contribution in [0.3, 0.4) is 0 Å². The van der Waals surface area contributed by atoms with Crippen molar-refractivity contribution in [3.63, 3.8) is 0 Å². The Hall–Kier alpha value is -2.64. The van der Waals surface area contributed by atoms with Crippen molar-refractivity contribution in [3.8, 4) is 11.5 Å². The number of carbonyl (C=O) groups is 1. The molecule has 7 nitrogen and oxygen atoms in total. The number of para-hydroxylation sites is 1. The smallest absolute Gasteiger partial charge is 0.341 e. The van der Waals surface area contributed by atoms with Gasteiger partial charge < -0.3 is 14.4 Å². The van der Waals surface area contributed by atoms with E-state index in [0.29, 0.717) is 30.3 Å². The van der Waals surface area contributed by atoms with Crippen LogP contribution in [0.5, 0.6) is 11.5 Å². The van der Waals surface area contributed by atoms with Crippen molar-refractivity contribution in [2.45, 2.75) is 45.3 Å². The summed E-state index contributed by atoms with van der Waals surface area (Å²) in [5.41, 5.74) is 5.58. The number of nitrogens with one attached hydrogen (secondary N) is 2. The summed E-state index contributed by atoms with van der Waals surface area (Å²) in [5, 5.41) is 9.36. The zero-order valence-corrected chi connectivity index (χ0v) is 15.5. The molecule has 2 atom stereocenters. The van der Waals surface area contributed by atoms with Gasteiger partial charge in [-0.1, -0.05) is 18.2 Å². The number of carboxylic acids is 1. The Morgan fingerprint density at radius 3 is 2.44 bits per heavy atom. The maximum absolute atomic E-state index is 12.4. The Bertz CT molecular complexity index is 840. The summed E-state index contributed by atoms with van der Waals surface area (Å²) in [6.07, 6.45) is 4.83. The average molecular weight is 371 g/mol. The second-order valence-electron chi connectivity index (χ2n) is 7.00. The molecule has 1 aromatic carbocycles. The molecule has 1 aliphatic heterocycles. The zero-order chi connectivity index (χ0) is 19.4. The Balaban J connectivity index is 1.76. The lowest BCUT2D eigenvalue weighted by Gasteiger charge is -2.18. The van der Waals surface area contributed by atoms with Gasteiger partial charge in [-0.15, -0.1) is 0 Å². The minimum absolute atomic E-state index is 0.0204. The lowest BCUT2D eigenvalue weighted by molar-refractivity contribution is 0.0694. The van der Waals surface area contributed by atoms with Gasteiger partial charge in [0.05, 0.1) is 6.20 Å². The lowest BCUT2D eigenvalue weighted by Crippen LogP contribution is -2.30. The Labute approximate surface area is 157 Å². The summed E-state index contributed by atoms with van der Waals surface area (Å²) in [4.78, 5) is 23.9. The minimum Gasteiger partial charge on any atom is -0.477 e. The van der Waals surface area contributed by atoms with E-state index in [1.54, 1.807) is 35.0 Å². The van der Waals surface area contributed by atoms with Crippen LogP contribution in [0, 0.1) is 5.92 Å². The normalized spacial score (nSPS) is 21.9. The molecule has 2 heterocycles. The molecular weight excluding hydrogens is 346 g/mol. The van der Waals surface area contributed by atoms with E-state index in [1.807, 2.05) is 6.07 Å². The van der Waals surface area contributed by atoms with Gasteiger partial charge in [0.15, 0.2) is 5.75 Å². The van der Waals surface area contributed by atoms with E-state index in [1.165, 1.54) is 6.20 Å². The molecule has 7 heteroatoms.